The number of rotatable bonds is 7. The summed E-state index contributed by atoms with van der Waals surface area (Å²) in [5.74, 6) is 1.35. The van der Waals surface area contributed by atoms with Gasteiger partial charge in [0, 0.05) is 24.7 Å². The first-order valence-electron chi connectivity index (χ1n) is 9.09. The van der Waals surface area contributed by atoms with Gasteiger partial charge in [0.25, 0.3) is 5.22 Å². The van der Waals surface area contributed by atoms with E-state index in [4.69, 9.17) is 18.6 Å². The van der Waals surface area contributed by atoms with Gasteiger partial charge in [-0.1, -0.05) is 11.8 Å². The highest BCUT2D eigenvalue weighted by molar-refractivity contribution is 7.99. The monoisotopic (exact) mass is 421 g/mol. The molecule has 9 nitrogen and oxygen atoms in total. The lowest BCUT2D eigenvalue weighted by molar-refractivity contribution is -0.148. The van der Waals surface area contributed by atoms with Crippen LogP contribution in [0, 0.1) is 5.92 Å². The maximum atomic E-state index is 12.4. The van der Waals surface area contributed by atoms with Crippen molar-refractivity contribution in [3.63, 3.8) is 0 Å². The number of amides is 1. The maximum absolute atomic E-state index is 12.4. The molecule has 0 aliphatic carbocycles. The predicted octanol–water partition coefficient (Wildman–Crippen LogP) is 2.26. The first-order chi connectivity index (χ1) is 14.0. The molecule has 29 heavy (non-hydrogen) atoms. The summed E-state index contributed by atoms with van der Waals surface area (Å²) in [5, 5.41) is 8.35. The zero-order valence-corrected chi connectivity index (χ0v) is 17.4. The Morgan fingerprint density at radius 2 is 1.76 bits per heavy atom. The molecule has 1 saturated heterocycles. The van der Waals surface area contributed by atoms with E-state index in [1.165, 1.54) is 18.9 Å². The lowest BCUT2D eigenvalue weighted by Crippen LogP contribution is -2.41. The Morgan fingerprint density at radius 1 is 1.10 bits per heavy atom. The summed E-state index contributed by atoms with van der Waals surface area (Å²) in [6.45, 7) is 1.08. The van der Waals surface area contributed by atoms with Gasteiger partial charge < -0.3 is 23.5 Å². The minimum Gasteiger partial charge on any atom is -0.497 e. The number of aromatic nitrogens is 2. The Balaban J connectivity index is 1.56. The van der Waals surface area contributed by atoms with Gasteiger partial charge in [0.1, 0.15) is 11.5 Å². The smallest absolute Gasteiger partial charge is 0.308 e. The Morgan fingerprint density at radius 3 is 2.34 bits per heavy atom. The van der Waals surface area contributed by atoms with E-state index >= 15 is 0 Å². The Bertz CT molecular complexity index is 841. The summed E-state index contributed by atoms with van der Waals surface area (Å²) in [6.07, 6.45) is 1.23. The van der Waals surface area contributed by atoms with E-state index < -0.39 is 0 Å². The van der Waals surface area contributed by atoms with Crippen LogP contribution in [0.15, 0.2) is 27.8 Å². The summed E-state index contributed by atoms with van der Waals surface area (Å²) in [5.41, 5.74) is 0.664. The second kappa shape index (κ2) is 9.64. The van der Waals surface area contributed by atoms with E-state index in [0.717, 1.165) is 0 Å². The van der Waals surface area contributed by atoms with Gasteiger partial charge in [-0.3, -0.25) is 9.59 Å². The van der Waals surface area contributed by atoms with Crippen molar-refractivity contribution >= 4 is 23.6 Å². The van der Waals surface area contributed by atoms with Crippen LogP contribution in [-0.4, -0.2) is 67.1 Å². The molecule has 0 unspecified atom stereocenters. The van der Waals surface area contributed by atoms with E-state index in [1.807, 2.05) is 0 Å². The fraction of sp³-hybridized carbons (Fsp3) is 0.474. The first-order valence-corrected chi connectivity index (χ1v) is 10.1. The van der Waals surface area contributed by atoms with Gasteiger partial charge in [0.15, 0.2) is 0 Å². The first kappa shape index (κ1) is 21.0. The van der Waals surface area contributed by atoms with Crippen molar-refractivity contribution in [3.8, 4) is 23.0 Å². The lowest BCUT2D eigenvalue weighted by Gasteiger charge is -2.30. The number of nitrogens with zero attached hydrogens (tertiary/aromatic N) is 3. The van der Waals surface area contributed by atoms with Gasteiger partial charge in [0.05, 0.1) is 33.0 Å². The van der Waals surface area contributed by atoms with Crippen LogP contribution in [0.4, 0.5) is 0 Å². The van der Waals surface area contributed by atoms with Crippen LogP contribution in [0.5, 0.6) is 11.5 Å². The molecule has 1 aliphatic heterocycles. The van der Waals surface area contributed by atoms with E-state index in [2.05, 4.69) is 10.2 Å². The van der Waals surface area contributed by atoms with Crippen molar-refractivity contribution in [1.29, 1.82) is 0 Å². The normalized spacial score (nSPS) is 14.5. The van der Waals surface area contributed by atoms with E-state index in [9.17, 15) is 9.59 Å². The van der Waals surface area contributed by atoms with Gasteiger partial charge in [-0.2, -0.15) is 0 Å². The van der Waals surface area contributed by atoms with E-state index in [1.54, 1.807) is 37.3 Å². The van der Waals surface area contributed by atoms with Crippen molar-refractivity contribution in [1.82, 2.24) is 15.1 Å². The van der Waals surface area contributed by atoms with E-state index in [-0.39, 0.29) is 23.5 Å². The predicted molar refractivity (Wildman–Crippen MR) is 105 cm³/mol. The van der Waals surface area contributed by atoms with Gasteiger partial charge in [-0.05, 0) is 25.0 Å². The molecule has 1 fully saturated rings. The topological polar surface area (TPSA) is 104 Å². The van der Waals surface area contributed by atoms with Crippen molar-refractivity contribution in [2.45, 2.75) is 18.1 Å². The zero-order valence-electron chi connectivity index (χ0n) is 16.5. The highest BCUT2D eigenvalue weighted by Crippen LogP contribution is 2.30. The van der Waals surface area contributed by atoms with Crippen LogP contribution in [0.2, 0.25) is 0 Å². The Kier molecular flexibility index (Phi) is 6.97. The standard InChI is InChI=1S/C19H23N3O6S/c1-25-14-8-13(9-15(10-14)26-2)17-20-21-19(28-17)29-11-16(23)22-6-4-12(5-7-22)18(24)27-3/h8-10,12H,4-7,11H2,1-3H3. The number of hydrogen-bond donors (Lipinski definition) is 0. The average molecular weight is 421 g/mol. The quantitative estimate of drug-likeness (QED) is 0.492. The summed E-state index contributed by atoms with van der Waals surface area (Å²) in [4.78, 5) is 25.8. The number of piperidine rings is 1. The molecule has 0 spiro atoms. The van der Waals surface area contributed by atoms with Crippen LogP contribution in [0.1, 0.15) is 12.8 Å². The Hall–Kier alpha value is -2.75. The minimum absolute atomic E-state index is 0.0267. The van der Waals surface area contributed by atoms with Crippen LogP contribution in [0.3, 0.4) is 0 Å². The summed E-state index contributed by atoms with van der Waals surface area (Å²) < 4.78 is 20.9. The number of ether oxygens (including phenoxy) is 3. The Labute approximate surface area is 172 Å². The van der Waals surface area contributed by atoms with Gasteiger partial charge in [-0.25, -0.2) is 0 Å². The molecular formula is C19H23N3O6S. The average Bonchev–Trinajstić information content (AvgIpc) is 3.25. The maximum Gasteiger partial charge on any atom is 0.308 e. The van der Waals surface area contributed by atoms with Gasteiger partial charge >= 0.3 is 5.97 Å². The molecule has 1 aromatic heterocycles. The molecule has 0 N–H and O–H groups in total. The third-order valence-corrected chi connectivity index (χ3v) is 5.51. The third kappa shape index (κ3) is 5.20. The largest absolute Gasteiger partial charge is 0.497 e. The number of carbonyl (C=O) groups excluding carboxylic acids is 2. The highest BCUT2D eigenvalue weighted by Gasteiger charge is 2.28. The number of esters is 1. The van der Waals surface area contributed by atoms with Crippen molar-refractivity contribution in [2.75, 3.05) is 40.2 Å². The molecule has 0 bridgehead atoms. The van der Waals surface area contributed by atoms with E-state index in [0.29, 0.717) is 54.1 Å². The van der Waals surface area contributed by atoms with Gasteiger partial charge in [-0.15, -0.1) is 10.2 Å². The summed E-state index contributed by atoms with van der Waals surface area (Å²) in [6, 6.07) is 5.28. The molecule has 0 radical (unpaired) electrons. The number of likely N-dealkylation sites (tertiary alicyclic amines) is 1. The molecule has 0 saturated carbocycles. The molecule has 1 aliphatic rings. The van der Waals surface area contributed by atoms with Crippen LogP contribution >= 0.6 is 11.8 Å². The molecule has 2 heterocycles. The number of methoxy groups -OCH3 is 3. The number of thioether (sulfide) groups is 1. The molecular weight excluding hydrogens is 398 g/mol. The van der Waals surface area contributed by atoms with Crippen molar-refractivity contribution in [3.05, 3.63) is 18.2 Å². The number of hydrogen-bond acceptors (Lipinski definition) is 9. The summed E-state index contributed by atoms with van der Waals surface area (Å²) >= 11 is 1.18. The fourth-order valence-electron chi connectivity index (χ4n) is 3.06. The molecule has 1 amide bonds. The second-order valence-electron chi connectivity index (χ2n) is 6.44. The van der Waals surface area contributed by atoms with Crippen LogP contribution in [-0.2, 0) is 14.3 Å². The third-order valence-electron chi connectivity index (χ3n) is 4.71. The zero-order chi connectivity index (χ0) is 20.8. The summed E-state index contributed by atoms with van der Waals surface area (Å²) in [7, 11) is 4.51. The highest BCUT2D eigenvalue weighted by atomic mass is 32.2. The SMILES string of the molecule is COC(=O)C1CCN(C(=O)CSc2nnc(-c3cc(OC)cc(OC)c3)o2)CC1. The fourth-order valence-corrected chi connectivity index (χ4v) is 3.73. The van der Waals surface area contributed by atoms with Gasteiger partial charge in [0.2, 0.25) is 11.8 Å². The molecule has 156 valence electrons. The molecule has 2 aromatic rings. The minimum atomic E-state index is -0.209. The molecule has 1 aromatic carbocycles. The molecule has 3 rings (SSSR count). The lowest BCUT2D eigenvalue weighted by atomic mass is 9.97. The van der Waals surface area contributed by atoms with Crippen molar-refractivity contribution < 1.29 is 28.2 Å². The second-order valence-corrected chi connectivity index (χ2v) is 7.37. The number of benzene rings is 1. The molecule has 0 atom stereocenters. The van der Waals surface area contributed by atoms with Crippen LogP contribution in [0.25, 0.3) is 11.5 Å². The van der Waals surface area contributed by atoms with Crippen LogP contribution < -0.4 is 9.47 Å². The molecule has 10 heteroatoms. The number of carbonyl (C=O) groups is 2. The van der Waals surface area contributed by atoms with Crippen molar-refractivity contribution in [2.24, 2.45) is 5.92 Å².